The summed E-state index contributed by atoms with van der Waals surface area (Å²) in [6.07, 6.45) is 0.264. The highest BCUT2D eigenvalue weighted by Crippen LogP contribution is 2.34. The average Bonchev–Trinajstić information content (AvgIpc) is 2.42. The first kappa shape index (κ1) is 14.9. The smallest absolute Gasteiger partial charge is 0.336 e. The number of morpholine rings is 1. The lowest BCUT2D eigenvalue weighted by atomic mass is 10.1. The minimum Gasteiger partial charge on any atom is -0.504 e. The van der Waals surface area contributed by atoms with Gasteiger partial charge in [0, 0.05) is 31.1 Å². The molecular weight excluding hydrogens is 286 g/mol. The van der Waals surface area contributed by atoms with E-state index in [0.29, 0.717) is 11.9 Å². The topological polar surface area (TPSA) is 83.1 Å². The van der Waals surface area contributed by atoms with Crippen molar-refractivity contribution in [3.63, 3.8) is 0 Å². The number of hydrogen-bond acceptors (Lipinski definition) is 6. The molecule has 2 aromatic rings. The Kier molecular flexibility index (Phi) is 3.80. The van der Waals surface area contributed by atoms with E-state index in [9.17, 15) is 15.0 Å². The number of benzene rings is 1. The Balaban J connectivity index is 2.00. The quantitative estimate of drug-likeness (QED) is 0.650. The van der Waals surface area contributed by atoms with Crippen LogP contribution in [0.2, 0.25) is 0 Å². The lowest BCUT2D eigenvalue weighted by Gasteiger charge is -2.35. The van der Waals surface area contributed by atoms with Crippen molar-refractivity contribution in [2.24, 2.45) is 0 Å². The van der Waals surface area contributed by atoms with E-state index in [-0.39, 0.29) is 23.5 Å². The van der Waals surface area contributed by atoms with E-state index < -0.39 is 11.4 Å². The molecule has 2 N–H and O–H groups in total. The standard InChI is InChI=1S/C16H19NO5/c1-9-6-17(7-10(2)21-9)8-11-5-14(19)22-16-12(11)3-4-13(18)15(16)20/h3-5,9-10,18,20H,6-8H2,1-2H3/t9-,10-/m1/s1. The fourth-order valence-corrected chi connectivity index (χ4v) is 3.05. The maximum atomic E-state index is 11.7. The molecule has 0 spiro atoms. The second-order valence-corrected chi connectivity index (χ2v) is 5.85. The Bertz CT molecular complexity index is 744. The molecule has 3 rings (SSSR count). The molecule has 2 heterocycles. The van der Waals surface area contributed by atoms with Gasteiger partial charge in [-0.1, -0.05) is 0 Å². The van der Waals surface area contributed by atoms with Gasteiger partial charge in [0.15, 0.2) is 11.3 Å². The number of aromatic hydroxyl groups is 2. The van der Waals surface area contributed by atoms with Crippen molar-refractivity contribution in [2.75, 3.05) is 13.1 Å². The first-order chi connectivity index (χ1) is 10.4. The number of ether oxygens (including phenoxy) is 1. The molecule has 0 aliphatic carbocycles. The summed E-state index contributed by atoms with van der Waals surface area (Å²) in [6, 6.07) is 4.48. The van der Waals surface area contributed by atoms with Gasteiger partial charge in [-0.2, -0.15) is 0 Å². The molecule has 1 aliphatic rings. The Morgan fingerprint density at radius 1 is 1.23 bits per heavy atom. The fraction of sp³-hybridized carbons (Fsp3) is 0.438. The summed E-state index contributed by atoms with van der Waals surface area (Å²) < 4.78 is 10.7. The highest BCUT2D eigenvalue weighted by Gasteiger charge is 2.23. The summed E-state index contributed by atoms with van der Waals surface area (Å²) in [5, 5.41) is 20.1. The van der Waals surface area contributed by atoms with E-state index in [1.54, 1.807) is 6.07 Å². The van der Waals surface area contributed by atoms with Crippen LogP contribution < -0.4 is 5.63 Å². The van der Waals surface area contributed by atoms with Crippen LogP contribution in [-0.4, -0.2) is 40.4 Å². The van der Waals surface area contributed by atoms with Gasteiger partial charge in [-0.15, -0.1) is 0 Å². The second kappa shape index (κ2) is 5.62. The molecule has 118 valence electrons. The van der Waals surface area contributed by atoms with Crippen LogP contribution in [0.4, 0.5) is 0 Å². The van der Waals surface area contributed by atoms with Crippen molar-refractivity contribution in [3.05, 3.63) is 34.2 Å². The maximum absolute atomic E-state index is 11.7. The van der Waals surface area contributed by atoms with Crippen LogP contribution in [0.1, 0.15) is 19.4 Å². The van der Waals surface area contributed by atoms with Gasteiger partial charge in [-0.25, -0.2) is 4.79 Å². The lowest BCUT2D eigenvalue weighted by Crippen LogP contribution is -2.44. The van der Waals surface area contributed by atoms with E-state index >= 15 is 0 Å². The summed E-state index contributed by atoms with van der Waals surface area (Å²) >= 11 is 0. The molecule has 0 bridgehead atoms. The number of phenolic OH excluding ortho intramolecular Hbond substituents is 2. The summed E-state index contributed by atoms with van der Waals surface area (Å²) in [5.41, 5.74) is 0.248. The van der Waals surface area contributed by atoms with Crippen LogP contribution in [0, 0.1) is 0 Å². The van der Waals surface area contributed by atoms with Gasteiger partial charge in [-0.3, -0.25) is 4.90 Å². The van der Waals surface area contributed by atoms with E-state index in [1.807, 2.05) is 13.8 Å². The lowest BCUT2D eigenvalue weighted by molar-refractivity contribution is -0.0704. The highest BCUT2D eigenvalue weighted by molar-refractivity contribution is 5.87. The zero-order valence-electron chi connectivity index (χ0n) is 12.6. The molecule has 2 atom stereocenters. The van der Waals surface area contributed by atoms with Gasteiger partial charge in [0.05, 0.1) is 12.2 Å². The highest BCUT2D eigenvalue weighted by atomic mass is 16.5. The molecule has 0 unspecified atom stereocenters. The second-order valence-electron chi connectivity index (χ2n) is 5.85. The predicted molar refractivity (Wildman–Crippen MR) is 81.1 cm³/mol. The number of phenols is 2. The number of fused-ring (bicyclic) bond motifs is 1. The Hall–Kier alpha value is -2.05. The Morgan fingerprint density at radius 2 is 1.91 bits per heavy atom. The molecule has 0 amide bonds. The number of hydrogen-bond donors (Lipinski definition) is 2. The third-order valence-electron chi connectivity index (χ3n) is 3.84. The monoisotopic (exact) mass is 305 g/mol. The summed E-state index contributed by atoms with van der Waals surface area (Å²) in [4.78, 5) is 13.9. The van der Waals surface area contributed by atoms with Crippen molar-refractivity contribution in [2.45, 2.75) is 32.6 Å². The third kappa shape index (κ3) is 2.80. The summed E-state index contributed by atoms with van der Waals surface area (Å²) in [6.45, 7) is 6.14. The first-order valence-corrected chi connectivity index (χ1v) is 7.29. The van der Waals surface area contributed by atoms with Crippen LogP contribution in [-0.2, 0) is 11.3 Å². The van der Waals surface area contributed by atoms with Gasteiger partial charge < -0.3 is 19.4 Å². The predicted octanol–water partition coefficient (Wildman–Crippen LogP) is 1.81. The Labute approximate surface area is 127 Å². The zero-order chi connectivity index (χ0) is 15.9. The molecule has 0 saturated carbocycles. The van der Waals surface area contributed by atoms with Gasteiger partial charge in [0.1, 0.15) is 0 Å². The van der Waals surface area contributed by atoms with Crippen LogP contribution in [0.25, 0.3) is 11.0 Å². The number of nitrogens with zero attached hydrogens (tertiary/aromatic N) is 1. The minimum atomic E-state index is -0.544. The van der Waals surface area contributed by atoms with Gasteiger partial charge >= 0.3 is 5.63 Å². The Morgan fingerprint density at radius 3 is 2.59 bits per heavy atom. The van der Waals surface area contributed by atoms with Gasteiger partial charge in [0.25, 0.3) is 0 Å². The molecule has 0 radical (unpaired) electrons. The van der Waals surface area contributed by atoms with Crippen LogP contribution in [0.15, 0.2) is 27.4 Å². The molecule has 1 aromatic carbocycles. The van der Waals surface area contributed by atoms with Crippen LogP contribution in [0.3, 0.4) is 0 Å². The normalized spacial score (nSPS) is 23.0. The van der Waals surface area contributed by atoms with E-state index in [1.165, 1.54) is 12.1 Å². The number of rotatable bonds is 2. The minimum absolute atomic E-state index is 0.0249. The SMILES string of the molecule is C[C@@H]1CN(Cc2cc(=O)oc3c(O)c(O)ccc23)C[C@@H](C)O1. The summed E-state index contributed by atoms with van der Waals surface area (Å²) in [5.74, 6) is -0.707. The molecule has 1 aromatic heterocycles. The summed E-state index contributed by atoms with van der Waals surface area (Å²) in [7, 11) is 0. The maximum Gasteiger partial charge on any atom is 0.336 e. The van der Waals surface area contributed by atoms with E-state index in [4.69, 9.17) is 9.15 Å². The van der Waals surface area contributed by atoms with Crippen LogP contribution >= 0.6 is 0 Å². The van der Waals surface area contributed by atoms with Crippen molar-refractivity contribution >= 4 is 11.0 Å². The van der Waals surface area contributed by atoms with Crippen molar-refractivity contribution < 1.29 is 19.4 Å². The molecule has 6 heteroatoms. The molecule has 6 nitrogen and oxygen atoms in total. The van der Waals surface area contributed by atoms with Crippen LogP contribution in [0.5, 0.6) is 11.5 Å². The third-order valence-corrected chi connectivity index (χ3v) is 3.84. The average molecular weight is 305 g/mol. The molecule has 1 saturated heterocycles. The first-order valence-electron chi connectivity index (χ1n) is 7.29. The van der Waals surface area contributed by atoms with Crippen molar-refractivity contribution in [1.29, 1.82) is 0 Å². The largest absolute Gasteiger partial charge is 0.504 e. The zero-order valence-corrected chi connectivity index (χ0v) is 12.6. The molecular formula is C16H19NO5. The molecule has 22 heavy (non-hydrogen) atoms. The fourth-order valence-electron chi connectivity index (χ4n) is 3.05. The van der Waals surface area contributed by atoms with E-state index in [0.717, 1.165) is 18.7 Å². The van der Waals surface area contributed by atoms with Crippen molar-refractivity contribution in [1.82, 2.24) is 4.90 Å². The van der Waals surface area contributed by atoms with Gasteiger partial charge in [-0.05, 0) is 31.5 Å². The molecule has 1 aliphatic heterocycles. The van der Waals surface area contributed by atoms with Crippen molar-refractivity contribution in [3.8, 4) is 11.5 Å². The molecule has 1 fully saturated rings. The van der Waals surface area contributed by atoms with Gasteiger partial charge in [0.2, 0.25) is 5.75 Å². The van der Waals surface area contributed by atoms with E-state index in [2.05, 4.69) is 4.90 Å².